The average Bonchev–Trinajstić information content (AvgIpc) is 2.69. The molecule has 0 bridgehead atoms. The molecule has 0 aliphatic heterocycles. The molecular formula is C22H29N3O2. The van der Waals surface area contributed by atoms with Crippen LogP contribution < -0.4 is 10.6 Å². The van der Waals surface area contributed by atoms with E-state index < -0.39 is 0 Å². The second kappa shape index (κ2) is 11.1. The SMILES string of the molecule is CN(C)CCCNC(=O)c1ccc(C(=O)NCCCc2ccccc2)cc1. The van der Waals surface area contributed by atoms with Crippen molar-refractivity contribution in [3.8, 4) is 0 Å². The molecule has 0 spiro atoms. The minimum Gasteiger partial charge on any atom is -0.352 e. The van der Waals surface area contributed by atoms with Crippen LogP contribution >= 0.6 is 0 Å². The molecule has 144 valence electrons. The zero-order valence-corrected chi connectivity index (χ0v) is 16.2. The summed E-state index contributed by atoms with van der Waals surface area (Å²) in [5.41, 5.74) is 2.41. The summed E-state index contributed by atoms with van der Waals surface area (Å²) in [5.74, 6) is -0.218. The summed E-state index contributed by atoms with van der Waals surface area (Å²) >= 11 is 0. The van der Waals surface area contributed by atoms with Crippen LogP contribution in [0.3, 0.4) is 0 Å². The van der Waals surface area contributed by atoms with Crippen LogP contribution in [0.2, 0.25) is 0 Å². The molecule has 2 N–H and O–H groups in total. The Labute approximate surface area is 161 Å². The van der Waals surface area contributed by atoms with Crippen molar-refractivity contribution in [3.63, 3.8) is 0 Å². The summed E-state index contributed by atoms with van der Waals surface area (Å²) in [7, 11) is 4.01. The van der Waals surface area contributed by atoms with Crippen LogP contribution in [0.1, 0.15) is 39.1 Å². The molecular weight excluding hydrogens is 338 g/mol. The first-order valence-corrected chi connectivity index (χ1v) is 9.41. The number of rotatable bonds is 10. The van der Waals surface area contributed by atoms with E-state index in [9.17, 15) is 9.59 Å². The summed E-state index contributed by atoms with van der Waals surface area (Å²) in [6, 6.07) is 17.0. The fraction of sp³-hybridized carbons (Fsp3) is 0.364. The maximum absolute atomic E-state index is 12.2. The largest absolute Gasteiger partial charge is 0.352 e. The molecule has 0 fully saturated rings. The molecule has 2 aromatic carbocycles. The fourth-order valence-electron chi connectivity index (χ4n) is 2.71. The van der Waals surface area contributed by atoms with Crippen LogP contribution in [0, 0.1) is 0 Å². The van der Waals surface area contributed by atoms with Gasteiger partial charge in [0.05, 0.1) is 0 Å². The predicted molar refractivity (Wildman–Crippen MR) is 109 cm³/mol. The number of carbonyl (C=O) groups excluding carboxylic acids is 2. The molecule has 0 radical (unpaired) electrons. The molecule has 5 heteroatoms. The normalized spacial score (nSPS) is 10.6. The van der Waals surface area contributed by atoms with Crippen molar-refractivity contribution in [2.24, 2.45) is 0 Å². The van der Waals surface area contributed by atoms with Crippen molar-refractivity contribution < 1.29 is 9.59 Å². The number of carbonyl (C=O) groups is 2. The van der Waals surface area contributed by atoms with E-state index in [1.165, 1.54) is 5.56 Å². The van der Waals surface area contributed by atoms with E-state index >= 15 is 0 Å². The van der Waals surface area contributed by atoms with Crippen molar-refractivity contribution >= 4 is 11.8 Å². The molecule has 0 saturated carbocycles. The van der Waals surface area contributed by atoms with Crippen LogP contribution in [-0.2, 0) is 6.42 Å². The van der Waals surface area contributed by atoms with Crippen LogP contribution in [-0.4, -0.2) is 50.4 Å². The molecule has 0 saturated heterocycles. The van der Waals surface area contributed by atoms with Gasteiger partial charge in [0.2, 0.25) is 0 Å². The molecule has 27 heavy (non-hydrogen) atoms. The Hall–Kier alpha value is -2.66. The van der Waals surface area contributed by atoms with E-state index in [-0.39, 0.29) is 11.8 Å². The third-order valence-electron chi connectivity index (χ3n) is 4.25. The highest BCUT2D eigenvalue weighted by Gasteiger charge is 2.08. The average molecular weight is 367 g/mol. The highest BCUT2D eigenvalue weighted by molar-refractivity contribution is 5.97. The fourth-order valence-corrected chi connectivity index (χ4v) is 2.71. The Kier molecular flexibility index (Phi) is 8.52. The topological polar surface area (TPSA) is 61.4 Å². The number of benzene rings is 2. The van der Waals surface area contributed by atoms with Crippen LogP contribution in [0.15, 0.2) is 54.6 Å². The zero-order chi connectivity index (χ0) is 19.5. The number of nitrogens with zero attached hydrogens (tertiary/aromatic N) is 1. The minimum absolute atomic E-state index is 0.108. The van der Waals surface area contributed by atoms with Crippen molar-refractivity contribution in [2.75, 3.05) is 33.7 Å². The van der Waals surface area contributed by atoms with E-state index in [4.69, 9.17) is 0 Å². The van der Waals surface area contributed by atoms with E-state index in [1.54, 1.807) is 24.3 Å². The van der Waals surface area contributed by atoms with Gasteiger partial charge in [-0.25, -0.2) is 0 Å². The quantitative estimate of drug-likeness (QED) is 0.635. The van der Waals surface area contributed by atoms with E-state index in [1.807, 2.05) is 32.3 Å². The number of hydrogen-bond acceptors (Lipinski definition) is 3. The summed E-state index contributed by atoms with van der Waals surface area (Å²) in [4.78, 5) is 26.4. The van der Waals surface area contributed by atoms with Gasteiger partial charge in [0.1, 0.15) is 0 Å². The Morgan fingerprint density at radius 3 is 1.81 bits per heavy atom. The lowest BCUT2D eigenvalue weighted by Crippen LogP contribution is -2.27. The first kappa shape index (κ1) is 20.6. The van der Waals surface area contributed by atoms with E-state index in [0.29, 0.717) is 24.2 Å². The van der Waals surface area contributed by atoms with Gasteiger partial charge in [-0.3, -0.25) is 9.59 Å². The van der Waals surface area contributed by atoms with E-state index in [0.717, 1.165) is 25.8 Å². The Balaban J connectivity index is 1.71. The molecule has 0 unspecified atom stereocenters. The monoisotopic (exact) mass is 367 g/mol. The predicted octanol–water partition coefficient (Wildman–Crippen LogP) is 2.73. The Bertz CT molecular complexity index is 712. The zero-order valence-electron chi connectivity index (χ0n) is 16.2. The second-order valence-corrected chi connectivity index (χ2v) is 6.84. The van der Waals surface area contributed by atoms with E-state index in [2.05, 4.69) is 27.7 Å². The van der Waals surface area contributed by atoms with Gasteiger partial charge in [-0.05, 0) is 69.7 Å². The molecule has 2 aromatic rings. The first-order chi connectivity index (χ1) is 13.1. The number of amides is 2. The lowest BCUT2D eigenvalue weighted by Gasteiger charge is -2.10. The van der Waals surface area contributed by atoms with Crippen LogP contribution in [0.4, 0.5) is 0 Å². The van der Waals surface area contributed by atoms with Gasteiger partial charge < -0.3 is 15.5 Å². The molecule has 2 rings (SSSR count). The number of hydrogen-bond donors (Lipinski definition) is 2. The lowest BCUT2D eigenvalue weighted by atomic mass is 10.1. The van der Waals surface area contributed by atoms with Gasteiger partial charge in [0.15, 0.2) is 0 Å². The van der Waals surface area contributed by atoms with Crippen molar-refractivity contribution in [1.82, 2.24) is 15.5 Å². The highest BCUT2D eigenvalue weighted by Crippen LogP contribution is 2.05. The minimum atomic E-state index is -0.110. The van der Waals surface area contributed by atoms with Gasteiger partial charge in [-0.15, -0.1) is 0 Å². The van der Waals surface area contributed by atoms with Gasteiger partial charge >= 0.3 is 0 Å². The standard InChI is InChI=1S/C22H29N3O2/c1-25(2)17-7-16-24-22(27)20-13-11-19(12-14-20)21(26)23-15-6-10-18-8-4-3-5-9-18/h3-5,8-9,11-14H,6-7,10,15-17H2,1-2H3,(H,23,26)(H,24,27). The molecule has 0 aliphatic carbocycles. The summed E-state index contributed by atoms with van der Waals surface area (Å²) in [5, 5.41) is 5.82. The summed E-state index contributed by atoms with van der Waals surface area (Å²) in [6.45, 7) is 2.20. The van der Waals surface area contributed by atoms with Gasteiger partial charge in [-0.2, -0.15) is 0 Å². The van der Waals surface area contributed by atoms with Crippen molar-refractivity contribution in [1.29, 1.82) is 0 Å². The van der Waals surface area contributed by atoms with Crippen LogP contribution in [0.5, 0.6) is 0 Å². The van der Waals surface area contributed by atoms with Crippen molar-refractivity contribution in [3.05, 3.63) is 71.3 Å². The van der Waals surface area contributed by atoms with Crippen LogP contribution in [0.25, 0.3) is 0 Å². The van der Waals surface area contributed by atoms with Gasteiger partial charge in [0.25, 0.3) is 11.8 Å². The van der Waals surface area contributed by atoms with Gasteiger partial charge in [0, 0.05) is 24.2 Å². The number of nitrogens with one attached hydrogen (secondary N) is 2. The smallest absolute Gasteiger partial charge is 0.251 e. The molecule has 5 nitrogen and oxygen atoms in total. The molecule has 0 heterocycles. The first-order valence-electron chi connectivity index (χ1n) is 9.41. The molecule has 0 aromatic heterocycles. The van der Waals surface area contributed by atoms with Gasteiger partial charge in [-0.1, -0.05) is 30.3 Å². The molecule has 0 atom stereocenters. The highest BCUT2D eigenvalue weighted by atomic mass is 16.2. The summed E-state index contributed by atoms with van der Waals surface area (Å²) < 4.78 is 0. The summed E-state index contributed by atoms with van der Waals surface area (Å²) in [6.07, 6.45) is 2.74. The third kappa shape index (κ3) is 7.62. The molecule has 2 amide bonds. The lowest BCUT2D eigenvalue weighted by molar-refractivity contribution is 0.0941. The molecule has 0 aliphatic rings. The number of aryl methyl sites for hydroxylation is 1. The Morgan fingerprint density at radius 1 is 0.778 bits per heavy atom. The second-order valence-electron chi connectivity index (χ2n) is 6.84. The third-order valence-corrected chi connectivity index (χ3v) is 4.25. The maximum atomic E-state index is 12.2. The Morgan fingerprint density at radius 2 is 1.30 bits per heavy atom. The van der Waals surface area contributed by atoms with Crippen molar-refractivity contribution in [2.45, 2.75) is 19.3 Å². The maximum Gasteiger partial charge on any atom is 0.251 e.